The molecule has 20 heavy (non-hydrogen) atoms. The summed E-state index contributed by atoms with van der Waals surface area (Å²) in [5.41, 5.74) is -0.0780. The van der Waals surface area contributed by atoms with E-state index in [0.29, 0.717) is 0 Å². The molecular formula is C15H20N2O2S. The number of aryl methyl sites for hydroxylation is 1. The summed E-state index contributed by atoms with van der Waals surface area (Å²) < 4.78 is 5.61. The predicted molar refractivity (Wildman–Crippen MR) is 79.7 cm³/mol. The highest BCUT2D eigenvalue weighted by Gasteiger charge is 2.35. The number of furan rings is 1. The molecule has 0 bridgehead atoms. The summed E-state index contributed by atoms with van der Waals surface area (Å²) in [6, 6.07) is 3.92. The van der Waals surface area contributed by atoms with Crippen molar-refractivity contribution in [3.8, 4) is 10.8 Å². The standard InChI is InChI=1S/C15H20N2O2S/c1-11-4-5-13(19-11)14-16-8-12(20-14)9-17-7-3-6-15(17,2)10-18/h4-5,8,18H,3,6-7,9-10H2,1-2H3/t15-/m0/s1. The maximum absolute atomic E-state index is 9.59. The molecule has 1 fully saturated rings. The van der Waals surface area contributed by atoms with E-state index in [1.165, 1.54) is 4.88 Å². The molecule has 5 heteroatoms. The van der Waals surface area contributed by atoms with Gasteiger partial charge in [-0.3, -0.25) is 4.90 Å². The SMILES string of the molecule is Cc1ccc(-c2ncc(CN3CCC[C@@]3(C)CO)s2)o1. The van der Waals surface area contributed by atoms with Crippen molar-refractivity contribution in [3.63, 3.8) is 0 Å². The van der Waals surface area contributed by atoms with Gasteiger partial charge >= 0.3 is 0 Å². The lowest BCUT2D eigenvalue weighted by molar-refractivity contribution is 0.0741. The average molecular weight is 292 g/mol. The van der Waals surface area contributed by atoms with Crippen LogP contribution in [-0.2, 0) is 6.54 Å². The first kappa shape index (κ1) is 13.8. The Kier molecular flexibility index (Phi) is 3.67. The van der Waals surface area contributed by atoms with Crippen molar-refractivity contribution in [2.75, 3.05) is 13.2 Å². The largest absolute Gasteiger partial charge is 0.459 e. The highest BCUT2D eigenvalue weighted by atomic mass is 32.1. The highest BCUT2D eigenvalue weighted by molar-refractivity contribution is 7.14. The van der Waals surface area contributed by atoms with E-state index in [2.05, 4.69) is 16.8 Å². The molecule has 2 aromatic heterocycles. The lowest BCUT2D eigenvalue weighted by atomic mass is 10.0. The van der Waals surface area contributed by atoms with E-state index in [9.17, 15) is 5.11 Å². The zero-order valence-corrected chi connectivity index (χ0v) is 12.7. The number of hydrogen-bond donors (Lipinski definition) is 1. The lowest BCUT2D eigenvalue weighted by Crippen LogP contribution is -2.43. The Morgan fingerprint density at radius 2 is 2.35 bits per heavy atom. The number of hydrogen-bond acceptors (Lipinski definition) is 5. The summed E-state index contributed by atoms with van der Waals surface area (Å²) in [5, 5.41) is 10.5. The first-order valence-corrected chi connectivity index (χ1v) is 7.80. The highest BCUT2D eigenvalue weighted by Crippen LogP contribution is 2.33. The quantitative estimate of drug-likeness (QED) is 0.941. The van der Waals surface area contributed by atoms with Crippen LogP contribution in [0.4, 0.5) is 0 Å². The van der Waals surface area contributed by atoms with Crippen molar-refractivity contribution < 1.29 is 9.52 Å². The van der Waals surface area contributed by atoms with Crippen LogP contribution >= 0.6 is 11.3 Å². The van der Waals surface area contributed by atoms with Gasteiger partial charge in [-0.05, 0) is 45.4 Å². The fourth-order valence-electron chi connectivity index (χ4n) is 2.76. The molecule has 1 aliphatic rings. The maximum Gasteiger partial charge on any atom is 0.162 e. The van der Waals surface area contributed by atoms with Gasteiger partial charge in [-0.15, -0.1) is 11.3 Å². The number of aliphatic hydroxyl groups is 1. The third kappa shape index (κ3) is 2.53. The predicted octanol–water partition coefficient (Wildman–Crippen LogP) is 3.06. The first-order valence-electron chi connectivity index (χ1n) is 6.98. The minimum absolute atomic E-state index is 0.0780. The van der Waals surface area contributed by atoms with Crippen LogP contribution in [0.15, 0.2) is 22.7 Å². The van der Waals surface area contributed by atoms with E-state index in [1.807, 2.05) is 25.3 Å². The summed E-state index contributed by atoms with van der Waals surface area (Å²) in [6.45, 7) is 6.20. The number of likely N-dealkylation sites (tertiary alicyclic amines) is 1. The van der Waals surface area contributed by atoms with Gasteiger partial charge in [-0.25, -0.2) is 4.98 Å². The smallest absolute Gasteiger partial charge is 0.162 e. The van der Waals surface area contributed by atoms with Crippen LogP contribution in [0.1, 0.15) is 30.4 Å². The molecule has 0 unspecified atom stereocenters. The normalized spacial score (nSPS) is 23.6. The Morgan fingerprint density at radius 3 is 3.05 bits per heavy atom. The third-order valence-corrected chi connectivity index (χ3v) is 5.10. The third-order valence-electron chi connectivity index (χ3n) is 4.10. The molecule has 108 valence electrons. The van der Waals surface area contributed by atoms with Gasteiger partial charge < -0.3 is 9.52 Å². The van der Waals surface area contributed by atoms with Crippen molar-refractivity contribution >= 4 is 11.3 Å². The van der Waals surface area contributed by atoms with Crippen LogP contribution in [0.25, 0.3) is 10.8 Å². The Hall–Kier alpha value is -1.17. The number of aliphatic hydroxyl groups excluding tert-OH is 1. The maximum atomic E-state index is 9.59. The Labute approximate surface area is 123 Å². The molecule has 0 spiro atoms. The van der Waals surface area contributed by atoms with E-state index in [1.54, 1.807) is 11.3 Å². The summed E-state index contributed by atoms with van der Waals surface area (Å²) in [7, 11) is 0. The molecular weight excluding hydrogens is 272 g/mol. The van der Waals surface area contributed by atoms with Crippen LogP contribution in [0.5, 0.6) is 0 Å². The Bertz CT molecular complexity index is 592. The molecule has 0 aromatic carbocycles. The van der Waals surface area contributed by atoms with Crippen LogP contribution in [0.3, 0.4) is 0 Å². The van der Waals surface area contributed by atoms with E-state index in [-0.39, 0.29) is 12.1 Å². The molecule has 3 heterocycles. The fraction of sp³-hybridized carbons (Fsp3) is 0.533. The summed E-state index contributed by atoms with van der Waals surface area (Å²) >= 11 is 1.67. The zero-order valence-electron chi connectivity index (χ0n) is 11.9. The van der Waals surface area contributed by atoms with Crippen LogP contribution < -0.4 is 0 Å². The molecule has 1 atom stereocenters. The average Bonchev–Trinajstić information content (AvgIpc) is 3.12. The van der Waals surface area contributed by atoms with Crippen LogP contribution in [0.2, 0.25) is 0 Å². The van der Waals surface area contributed by atoms with E-state index in [4.69, 9.17) is 4.42 Å². The Balaban J connectivity index is 1.74. The van der Waals surface area contributed by atoms with Crippen molar-refractivity contribution in [3.05, 3.63) is 29.0 Å². The topological polar surface area (TPSA) is 49.5 Å². The number of nitrogens with zero attached hydrogens (tertiary/aromatic N) is 2. The number of aromatic nitrogens is 1. The van der Waals surface area contributed by atoms with E-state index < -0.39 is 0 Å². The molecule has 3 rings (SSSR count). The Morgan fingerprint density at radius 1 is 1.50 bits per heavy atom. The van der Waals surface area contributed by atoms with Gasteiger partial charge in [-0.1, -0.05) is 0 Å². The van der Waals surface area contributed by atoms with Gasteiger partial charge in [-0.2, -0.15) is 0 Å². The van der Waals surface area contributed by atoms with Gasteiger partial charge in [0.25, 0.3) is 0 Å². The van der Waals surface area contributed by atoms with Gasteiger partial charge in [0.05, 0.1) is 6.61 Å². The van der Waals surface area contributed by atoms with Gasteiger partial charge in [0.15, 0.2) is 10.8 Å². The molecule has 0 saturated carbocycles. The first-order chi connectivity index (χ1) is 9.60. The molecule has 2 aromatic rings. The second-order valence-corrected chi connectivity index (χ2v) is 6.84. The fourth-order valence-corrected chi connectivity index (χ4v) is 3.65. The van der Waals surface area contributed by atoms with Crippen molar-refractivity contribution in [2.24, 2.45) is 0 Å². The van der Waals surface area contributed by atoms with Crippen molar-refractivity contribution in [2.45, 2.75) is 38.8 Å². The van der Waals surface area contributed by atoms with Crippen LogP contribution in [-0.4, -0.2) is 33.7 Å². The number of thiazole rings is 1. The minimum atomic E-state index is -0.0780. The summed E-state index contributed by atoms with van der Waals surface area (Å²) in [5.74, 6) is 1.74. The summed E-state index contributed by atoms with van der Waals surface area (Å²) in [4.78, 5) is 8.03. The lowest BCUT2D eigenvalue weighted by Gasteiger charge is -2.32. The number of rotatable bonds is 4. The molecule has 1 saturated heterocycles. The second-order valence-electron chi connectivity index (χ2n) is 5.72. The molecule has 1 N–H and O–H groups in total. The molecule has 0 aliphatic carbocycles. The van der Waals surface area contributed by atoms with Crippen molar-refractivity contribution in [1.82, 2.24) is 9.88 Å². The van der Waals surface area contributed by atoms with Gasteiger partial charge in [0.1, 0.15) is 5.76 Å². The monoisotopic (exact) mass is 292 g/mol. The van der Waals surface area contributed by atoms with E-state index in [0.717, 1.165) is 42.5 Å². The van der Waals surface area contributed by atoms with Gasteiger partial charge in [0, 0.05) is 23.2 Å². The minimum Gasteiger partial charge on any atom is -0.459 e. The summed E-state index contributed by atoms with van der Waals surface area (Å²) in [6.07, 6.45) is 4.14. The van der Waals surface area contributed by atoms with E-state index >= 15 is 0 Å². The molecule has 0 radical (unpaired) electrons. The van der Waals surface area contributed by atoms with Crippen LogP contribution in [0, 0.1) is 6.92 Å². The molecule has 0 amide bonds. The zero-order chi connectivity index (χ0) is 14.2. The molecule has 4 nitrogen and oxygen atoms in total. The van der Waals surface area contributed by atoms with Gasteiger partial charge in [0.2, 0.25) is 0 Å². The van der Waals surface area contributed by atoms with Crippen molar-refractivity contribution in [1.29, 1.82) is 0 Å². The molecule has 1 aliphatic heterocycles. The second kappa shape index (κ2) is 5.31.